The molecule has 4 heteroatoms. The summed E-state index contributed by atoms with van der Waals surface area (Å²) in [5.41, 5.74) is 5.99. The zero-order valence-corrected chi connectivity index (χ0v) is 10.0. The Morgan fingerprint density at radius 3 is 2.62 bits per heavy atom. The molecule has 0 saturated heterocycles. The lowest BCUT2D eigenvalue weighted by molar-refractivity contribution is -0.132. The highest BCUT2D eigenvalue weighted by atomic mass is 16.5. The summed E-state index contributed by atoms with van der Waals surface area (Å²) in [6, 6.07) is 0.547. The Bertz CT molecular complexity index is 249. The largest absolute Gasteiger partial charge is 0.383 e. The fourth-order valence-corrected chi connectivity index (χ4v) is 2.10. The van der Waals surface area contributed by atoms with Crippen LogP contribution in [0.5, 0.6) is 0 Å². The molecule has 0 bridgehead atoms. The third-order valence-electron chi connectivity index (χ3n) is 3.48. The molecule has 0 aromatic rings. The summed E-state index contributed by atoms with van der Waals surface area (Å²) in [7, 11) is 1.67. The highest BCUT2D eigenvalue weighted by Gasteiger charge is 2.35. The maximum Gasteiger partial charge on any atom is 0.224 e. The van der Waals surface area contributed by atoms with Crippen molar-refractivity contribution in [2.45, 2.75) is 44.2 Å². The number of hydrogen-bond acceptors (Lipinski definition) is 3. The van der Waals surface area contributed by atoms with E-state index >= 15 is 0 Å². The van der Waals surface area contributed by atoms with E-state index in [-0.39, 0.29) is 11.9 Å². The molecule has 1 unspecified atom stereocenters. The molecule has 2 saturated carbocycles. The second kappa shape index (κ2) is 5.15. The van der Waals surface area contributed by atoms with E-state index in [1.165, 1.54) is 12.8 Å². The van der Waals surface area contributed by atoms with Crippen LogP contribution in [0.2, 0.25) is 0 Å². The van der Waals surface area contributed by atoms with Gasteiger partial charge in [0.05, 0.1) is 6.61 Å². The number of carbonyl (C=O) groups excluding carboxylic acids is 1. The van der Waals surface area contributed by atoms with Gasteiger partial charge in [0.15, 0.2) is 0 Å². The highest BCUT2D eigenvalue weighted by molar-refractivity contribution is 5.77. The molecule has 92 valence electrons. The van der Waals surface area contributed by atoms with Gasteiger partial charge in [-0.05, 0) is 31.6 Å². The third kappa shape index (κ3) is 3.19. The first-order valence-corrected chi connectivity index (χ1v) is 6.26. The summed E-state index contributed by atoms with van der Waals surface area (Å²) in [6.45, 7) is 1.35. The van der Waals surface area contributed by atoms with Crippen LogP contribution < -0.4 is 5.73 Å². The first kappa shape index (κ1) is 11.9. The summed E-state index contributed by atoms with van der Waals surface area (Å²) in [6.07, 6.45) is 5.22. The van der Waals surface area contributed by atoms with Crippen molar-refractivity contribution in [3.05, 3.63) is 0 Å². The average Bonchev–Trinajstić information content (AvgIpc) is 3.11. The number of carbonyl (C=O) groups is 1. The van der Waals surface area contributed by atoms with Crippen LogP contribution >= 0.6 is 0 Å². The second-order valence-electron chi connectivity index (χ2n) is 5.02. The van der Waals surface area contributed by atoms with Gasteiger partial charge in [-0.3, -0.25) is 4.79 Å². The molecule has 1 amide bonds. The Morgan fingerprint density at radius 2 is 2.12 bits per heavy atom. The van der Waals surface area contributed by atoms with Crippen molar-refractivity contribution in [3.8, 4) is 0 Å². The van der Waals surface area contributed by atoms with Crippen LogP contribution in [0, 0.1) is 5.92 Å². The topological polar surface area (TPSA) is 55.6 Å². The molecule has 0 radical (unpaired) electrons. The fraction of sp³-hybridized carbons (Fsp3) is 0.917. The van der Waals surface area contributed by atoms with Crippen molar-refractivity contribution >= 4 is 5.91 Å². The number of hydrogen-bond donors (Lipinski definition) is 1. The molecule has 2 N–H and O–H groups in total. The van der Waals surface area contributed by atoms with Gasteiger partial charge in [0.1, 0.15) is 0 Å². The van der Waals surface area contributed by atoms with E-state index in [4.69, 9.17) is 10.5 Å². The van der Waals surface area contributed by atoms with E-state index in [0.29, 0.717) is 25.0 Å². The zero-order chi connectivity index (χ0) is 11.5. The molecular weight excluding hydrogens is 204 g/mol. The molecule has 2 rings (SSSR count). The van der Waals surface area contributed by atoms with Gasteiger partial charge in [-0.1, -0.05) is 0 Å². The van der Waals surface area contributed by atoms with E-state index in [1.54, 1.807) is 7.11 Å². The van der Waals surface area contributed by atoms with E-state index < -0.39 is 0 Å². The zero-order valence-electron chi connectivity index (χ0n) is 10.0. The molecule has 2 aliphatic carbocycles. The molecule has 16 heavy (non-hydrogen) atoms. The molecule has 2 fully saturated rings. The van der Waals surface area contributed by atoms with Gasteiger partial charge in [0.2, 0.25) is 5.91 Å². The SMILES string of the molecule is COCCN(C(=O)CC(N)C1CC1)C1CC1. The maximum atomic E-state index is 12.1. The molecule has 0 aromatic heterocycles. The summed E-state index contributed by atoms with van der Waals surface area (Å²) in [5, 5.41) is 0. The Balaban J connectivity index is 1.78. The second-order valence-corrected chi connectivity index (χ2v) is 5.02. The standard InChI is InChI=1S/C12H22N2O2/c1-16-7-6-14(10-4-5-10)12(15)8-11(13)9-2-3-9/h9-11H,2-8,13H2,1H3. The first-order chi connectivity index (χ1) is 7.72. The fourth-order valence-electron chi connectivity index (χ4n) is 2.10. The predicted octanol–water partition coefficient (Wildman–Crippen LogP) is 0.751. The van der Waals surface area contributed by atoms with Crippen LogP contribution in [0.25, 0.3) is 0 Å². The van der Waals surface area contributed by atoms with Gasteiger partial charge in [-0.25, -0.2) is 0 Å². The Labute approximate surface area is 97.1 Å². The number of ether oxygens (including phenoxy) is 1. The lowest BCUT2D eigenvalue weighted by atomic mass is 10.1. The molecule has 2 aliphatic rings. The quantitative estimate of drug-likeness (QED) is 0.697. The number of methoxy groups -OCH3 is 1. The molecular formula is C12H22N2O2. The van der Waals surface area contributed by atoms with E-state index in [9.17, 15) is 4.79 Å². The number of rotatable bonds is 7. The monoisotopic (exact) mass is 226 g/mol. The summed E-state index contributed by atoms with van der Waals surface area (Å²) in [5.74, 6) is 0.825. The minimum Gasteiger partial charge on any atom is -0.383 e. The number of nitrogens with zero attached hydrogens (tertiary/aromatic N) is 1. The van der Waals surface area contributed by atoms with Gasteiger partial charge < -0.3 is 15.4 Å². The van der Waals surface area contributed by atoms with Crippen molar-refractivity contribution in [2.24, 2.45) is 11.7 Å². The lowest BCUT2D eigenvalue weighted by Crippen LogP contribution is -2.39. The van der Waals surface area contributed by atoms with E-state index in [2.05, 4.69) is 0 Å². The average molecular weight is 226 g/mol. The van der Waals surface area contributed by atoms with Gasteiger partial charge >= 0.3 is 0 Å². The molecule has 0 aromatic carbocycles. The van der Waals surface area contributed by atoms with Crippen LogP contribution in [0.3, 0.4) is 0 Å². The minimum atomic E-state index is 0.0799. The predicted molar refractivity (Wildman–Crippen MR) is 61.9 cm³/mol. The Kier molecular flexibility index (Phi) is 3.82. The molecule has 0 spiro atoms. The van der Waals surface area contributed by atoms with Crippen LogP contribution in [0.4, 0.5) is 0 Å². The number of amides is 1. The van der Waals surface area contributed by atoms with Gasteiger partial charge in [-0.15, -0.1) is 0 Å². The number of nitrogens with two attached hydrogens (primary N) is 1. The molecule has 0 heterocycles. The Hall–Kier alpha value is -0.610. The van der Waals surface area contributed by atoms with Crippen LogP contribution in [0.1, 0.15) is 32.1 Å². The van der Waals surface area contributed by atoms with Crippen LogP contribution in [-0.4, -0.2) is 43.2 Å². The summed E-state index contributed by atoms with van der Waals surface area (Å²) >= 11 is 0. The minimum absolute atomic E-state index is 0.0799. The molecule has 4 nitrogen and oxygen atoms in total. The van der Waals surface area contributed by atoms with E-state index in [1.807, 2.05) is 4.90 Å². The summed E-state index contributed by atoms with van der Waals surface area (Å²) in [4.78, 5) is 14.0. The highest BCUT2D eigenvalue weighted by Crippen LogP contribution is 2.34. The maximum absolute atomic E-state index is 12.1. The van der Waals surface area contributed by atoms with Crippen molar-refractivity contribution in [2.75, 3.05) is 20.3 Å². The Morgan fingerprint density at radius 1 is 1.44 bits per heavy atom. The third-order valence-corrected chi connectivity index (χ3v) is 3.48. The first-order valence-electron chi connectivity index (χ1n) is 6.26. The van der Waals surface area contributed by atoms with Crippen molar-refractivity contribution in [3.63, 3.8) is 0 Å². The van der Waals surface area contributed by atoms with Crippen LogP contribution in [0.15, 0.2) is 0 Å². The van der Waals surface area contributed by atoms with E-state index in [0.717, 1.165) is 19.4 Å². The van der Waals surface area contributed by atoms with Crippen molar-refractivity contribution < 1.29 is 9.53 Å². The van der Waals surface area contributed by atoms with Gasteiger partial charge in [0.25, 0.3) is 0 Å². The van der Waals surface area contributed by atoms with Crippen molar-refractivity contribution in [1.29, 1.82) is 0 Å². The smallest absolute Gasteiger partial charge is 0.224 e. The molecule has 0 aliphatic heterocycles. The normalized spacial score (nSPS) is 21.9. The van der Waals surface area contributed by atoms with Crippen LogP contribution in [-0.2, 0) is 9.53 Å². The lowest BCUT2D eigenvalue weighted by Gasteiger charge is -2.23. The molecule has 1 atom stereocenters. The summed E-state index contributed by atoms with van der Waals surface area (Å²) < 4.78 is 5.04. The van der Waals surface area contributed by atoms with Gasteiger partial charge in [-0.2, -0.15) is 0 Å². The van der Waals surface area contributed by atoms with Gasteiger partial charge in [0, 0.05) is 32.2 Å². The van der Waals surface area contributed by atoms with Crippen molar-refractivity contribution in [1.82, 2.24) is 4.90 Å².